The van der Waals surface area contributed by atoms with Crippen LogP contribution in [0.25, 0.3) is 22.7 Å². The fraction of sp³-hybridized carbons (Fsp3) is 0.441. The van der Waals surface area contributed by atoms with E-state index in [1.807, 2.05) is 24.1 Å². The van der Waals surface area contributed by atoms with E-state index < -0.39 is 0 Å². The molecule has 0 bridgehead atoms. The number of H-pyrrole nitrogens is 1. The lowest BCUT2D eigenvalue weighted by Gasteiger charge is -2.34. The number of aromatic amines is 1. The molecule has 1 saturated carbocycles. The predicted octanol–water partition coefficient (Wildman–Crippen LogP) is 4.00. The Labute approximate surface area is 280 Å². The van der Waals surface area contributed by atoms with Crippen molar-refractivity contribution in [3.05, 3.63) is 71.0 Å². The number of carbonyl (C=O) groups is 1. The fourth-order valence-electron chi connectivity index (χ4n) is 7.54. The number of fused-ring (bicyclic) bond motifs is 3. The van der Waals surface area contributed by atoms with Gasteiger partial charge in [-0.1, -0.05) is 11.6 Å². The molecule has 2 fully saturated rings. The topological polar surface area (TPSA) is 184 Å². The number of likely N-dealkylation sites (tertiary alicyclic amines) is 1. The van der Waals surface area contributed by atoms with Crippen molar-refractivity contribution in [3.8, 4) is 6.07 Å². The second-order valence-corrected chi connectivity index (χ2v) is 13.2. The molecule has 0 spiro atoms. The molecule has 1 amide bonds. The van der Waals surface area contributed by atoms with Crippen LogP contribution in [0.5, 0.6) is 0 Å². The lowest BCUT2D eigenvalue weighted by molar-refractivity contribution is -0.116. The first-order valence-corrected chi connectivity index (χ1v) is 16.3. The second kappa shape index (κ2) is 14.5. The minimum Gasteiger partial charge on any atom is -0.403 e. The van der Waals surface area contributed by atoms with Crippen LogP contribution in [-0.4, -0.2) is 73.1 Å². The highest BCUT2D eigenvalue weighted by molar-refractivity contribution is 6.25. The van der Waals surface area contributed by atoms with E-state index in [4.69, 9.17) is 33.9 Å². The molecule has 3 heterocycles. The van der Waals surface area contributed by atoms with Crippen molar-refractivity contribution >= 4 is 46.4 Å². The highest BCUT2D eigenvalue weighted by atomic mass is 35.5. The van der Waals surface area contributed by atoms with E-state index in [0.717, 1.165) is 75.4 Å². The van der Waals surface area contributed by atoms with Crippen molar-refractivity contribution in [2.75, 3.05) is 13.6 Å². The standard InChI is InChI=1S/C31H37ClN8.C3H7N3O/c1-17-11-25-24(15-35-38-25)29(30(17)32)28(31(34)19-6-8-26-21(12-19)14-36-40(26)4)18(2)37-22-7-5-20-16-39(3)27(9-10-33)23(20)13-22;4-1-2-6(5)3-7/h6,8,11-12,14-15,20,22-23,27,29-30H,5,7,9,13,16,34H2,1-4H3,(H,35,38);1-3H,4-5H2/b31-28+,37-18?;2-1-. The summed E-state index contributed by atoms with van der Waals surface area (Å²) in [5, 5.41) is 22.9. The number of allylic oxidation sites excluding steroid dienone is 2. The van der Waals surface area contributed by atoms with Crippen molar-refractivity contribution in [3.63, 3.8) is 0 Å². The van der Waals surface area contributed by atoms with Crippen molar-refractivity contribution in [2.45, 2.75) is 62.9 Å². The smallest absolute Gasteiger partial charge is 0.227 e. The number of carbonyl (C=O) groups excluding carboxylic acids is 1. The number of nitrogens with zero attached hydrogens (tertiary/aromatic N) is 7. The lowest BCUT2D eigenvalue weighted by Crippen LogP contribution is -2.33. The van der Waals surface area contributed by atoms with Gasteiger partial charge in [0.1, 0.15) is 0 Å². The molecular weight excluding hydrogens is 614 g/mol. The molecule has 3 aromatic rings. The van der Waals surface area contributed by atoms with Crippen LogP contribution in [0.2, 0.25) is 0 Å². The number of aryl methyl sites for hydroxylation is 1. The van der Waals surface area contributed by atoms with Crippen LogP contribution in [0.15, 0.2) is 59.1 Å². The molecule has 1 saturated heterocycles. The number of nitrogens with two attached hydrogens (primary N) is 3. The summed E-state index contributed by atoms with van der Waals surface area (Å²) < 4.78 is 1.87. The minimum absolute atomic E-state index is 0.186. The van der Waals surface area contributed by atoms with Crippen LogP contribution in [0.3, 0.4) is 0 Å². The van der Waals surface area contributed by atoms with Gasteiger partial charge in [-0.15, -0.1) is 11.6 Å². The van der Waals surface area contributed by atoms with Gasteiger partial charge in [-0.05, 0) is 75.8 Å². The third-order valence-corrected chi connectivity index (χ3v) is 10.4. The molecule has 0 radical (unpaired) electrons. The molecule has 6 unspecified atom stereocenters. The Bertz CT molecular complexity index is 1760. The van der Waals surface area contributed by atoms with E-state index in [-0.39, 0.29) is 17.3 Å². The lowest BCUT2D eigenvalue weighted by atomic mass is 9.75. The number of hydrogen-bond donors (Lipinski definition) is 4. The number of halogens is 1. The van der Waals surface area contributed by atoms with Crippen LogP contribution in [0.4, 0.5) is 0 Å². The summed E-state index contributed by atoms with van der Waals surface area (Å²) >= 11 is 7.17. The number of nitriles is 1. The first-order valence-electron chi connectivity index (χ1n) is 15.8. The van der Waals surface area contributed by atoms with Crippen molar-refractivity contribution in [1.82, 2.24) is 29.9 Å². The largest absolute Gasteiger partial charge is 0.403 e. The Hall–Kier alpha value is -4.44. The molecule has 7 N–H and O–H groups in total. The quantitative estimate of drug-likeness (QED) is 0.0734. The van der Waals surface area contributed by atoms with Crippen LogP contribution in [0, 0.1) is 23.2 Å². The van der Waals surface area contributed by atoms with Gasteiger partial charge in [0.15, 0.2) is 0 Å². The maximum atomic E-state index is 9.59. The van der Waals surface area contributed by atoms with E-state index in [1.165, 1.54) is 12.4 Å². The van der Waals surface area contributed by atoms with E-state index in [0.29, 0.717) is 36.4 Å². The van der Waals surface area contributed by atoms with Crippen molar-refractivity contribution in [2.24, 2.45) is 41.2 Å². The Morgan fingerprint density at radius 2 is 2.09 bits per heavy atom. The monoisotopic (exact) mass is 657 g/mol. The van der Waals surface area contributed by atoms with Crippen LogP contribution >= 0.6 is 11.6 Å². The number of nitrogens with one attached hydrogen (secondary N) is 1. The number of aromatic nitrogens is 4. The second-order valence-electron chi connectivity index (χ2n) is 12.7. The summed E-state index contributed by atoms with van der Waals surface area (Å²) in [7, 11) is 4.10. The highest BCUT2D eigenvalue weighted by Gasteiger charge is 2.43. The van der Waals surface area contributed by atoms with Gasteiger partial charge in [-0.3, -0.25) is 24.6 Å². The molecule has 6 rings (SSSR count). The minimum atomic E-state index is -0.273. The summed E-state index contributed by atoms with van der Waals surface area (Å²) in [6.45, 7) is 5.22. The molecule has 13 heteroatoms. The number of hydrogen-bond acceptors (Lipinski definition) is 9. The van der Waals surface area contributed by atoms with Crippen molar-refractivity contribution < 1.29 is 4.79 Å². The Morgan fingerprint density at radius 1 is 1.30 bits per heavy atom. The van der Waals surface area contributed by atoms with Gasteiger partial charge < -0.3 is 16.4 Å². The van der Waals surface area contributed by atoms with Gasteiger partial charge in [0.25, 0.3) is 0 Å². The van der Waals surface area contributed by atoms with E-state index in [9.17, 15) is 10.1 Å². The summed E-state index contributed by atoms with van der Waals surface area (Å²) in [6, 6.07) is 9.14. The SMILES string of the molecule is CC1=Cc2[nH]ncc2C(/C(C(C)=NC2CCC3CN(C)C(CC#N)C3C2)=C(/N)c2ccc3c(cnn3C)c2)C1Cl.N/C=C\N(N)C=O. The van der Waals surface area contributed by atoms with E-state index >= 15 is 0 Å². The summed E-state index contributed by atoms with van der Waals surface area (Å²) in [6.07, 6.45) is 12.4. The number of alkyl halides is 1. The first kappa shape index (κ1) is 33.9. The van der Waals surface area contributed by atoms with Gasteiger partial charge in [-0.2, -0.15) is 15.5 Å². The normalized spacial score (nSPS) is 26.5. The zero-order valence-electron chi connectivity index (χ0n) is 27.3. The molecule has 248 valence electrons. The average molecular weight is 658 g/mol. The van der Waals surface area contributed by atoms with E-state index in [1.54, 1.807) is 0 Å². The number of benzene rings is 1. The number of rotatable bonds is 7. The molecule has 6 atom stereocenters. The zero-order valence-corrected chi connectivity index (χ0v) is 28.1. The molecule has 47 heavy (non-hydrogen) atoms. The molecule has 2 aliphatic carbocycles. The molecule has 1 aromatic carbocycles. The average Bonchev–Trinajstić information content (AvgIpc) is 3.76. The van der Waals surface area contributed by atoms with Crippen molar-refractivity contribution in [1.29, 1.82) is 5.26 Å². The molecule has 12 nitrogen and oxygen atoms in total. The van der Waals surface area contributed by atoms with Gasteiger partial charge in [-0.25, -0.2) is 5.84 Å². The number of hydrazine groups is 1. The number of aliphatic imine (C=N–C) groups is 1. The summed E-state index contributed by atoms with van der Waals surface area (Å²) in [5.41, 5.74) is 19.6. The summed E-state index contributed by atoms with van der Waals surface area (Å²) in [5.74, 6) is 5.84. The van der Waals surface area contributed by atoms with Crippen LogP contribution in [-0.2, 0) is 11.8 Å². The summed E-state index contributed by atoms with van der Waals surface area (Å²) in [4.78, 5) is 17.3. The van der Waals surface area contributed by atoms with Gasteiger partial charge in [0.05, 0.1) is 47.5 Å². The first-order chi connectivity index (χ1) is 22.6. The van der Waals surface area contributed by atoms with E-state index in [2.05, 4.69) is 71.4 Å². The van der Waals surface area contributed by atoms with Gasteiger partial charge in [0.2, 0.25) is 6.41 Å². The van der Waals surface area contributed by atoms with Crippen LogP contribution in [0.1, 0.15) is 62.3 Å². The molecular formula is C34H44ClN11O. The van der Waals surface area contributed by atoms with Gasteiger partial charge >= 0.3 is 0 Å². The Morgan fingerprint density at radius 3 is 2.79 bits per heavy atom. The molecule has 3 aliphatic rings. The fourth-order valence-corrected chi connectivity index (χ4v) is 7.87. The maximum Gasteiger partial charge on any atom is 0.227 e. The highest BCUT2D eigenvalue weighted by Crippen LogP contribution is 2.45. The molecule has 2 aromatic heterocycles. The third-order valence-electron chi connectivity index (χ3n) is 9.84. The molecule has 1 aliphatic heterocycles. The maximum absolute atomic E-state index is 9.59. The zero-order chi connectivity index (χ0) is 33.8. The third kappa shape index (κ3) is 6.98. The van der Waals surface area contributed by atoms with Gasteiger partial charge in [0, 0.05) is 65.9 Å². The Balaban J connectivity index is 0.000000559. The van der Waals surface area contributed by atoms with Crippen LogP contribution < -0.4 is 17.3 Å². The Kier molecular flexibility index (Phi) is 10.5. The predicted molar refractivity (Wildman–Crippen MR) is 186 cm³/mol. The number of amides is 1.